The average Bonchev–Trinajstić information content (AvgIpc) is 3.18. The molecule has 0 radical (unpaired) electrons. The van der Waals surface area contributed by atoms with Gasteiger partial charge in [-0.25, -0.2) is 4.79 Å². The van der Waals surface area contributed by atoms with Crippen LogP contribution in [0.5, 0.6) is 0 Å². The van der Waals surface area contributed by atoms with Gasteiger partial charge in [-0.05, 0) is 60.5 Å². The number of fused-ring (bicyclic) bond motifs is 2. The fraction of sp³-hybridized carbons (Fsp3) is 0.143. The van der Waals surface area contributed by atoms with Crippen LogP contribution in [0.4, 0.5) is 11.4 Å². The lowest BCUT2D eigenvalue weighted by Crippen LogP contribution is -2.32. The van der Waals surface area contributed by atoms with Gasteiger partial charge in [0, 0.05) is 27.8 Å². The third-order valence-electron chi connectivity index (χ3n) is 6.01. The highest BCUT2D eigenvalue weighted by molar-refractivity contribution is 8.26. The number of ether oxygens (including phenoxy) is 1. The van der Waals surface area contributed by atoms with Gasteiger partial charge >= 0.3 is 5.97 Å². The molecule has 192 valence electrons. The standard InChI is InChI=1S/C28H21ClN2O4S3/c1-35-27(34)18-10-8-17(9-11-18)15-24-26(33)30(28(36)38-24)14-4-7-25(32)31-20-5-2-3-6-22(20)37-23-13-12-19(29)16-21(23)31/h2-3,5-6,8-13,15-16H,4,7,14H2,1H3. The highest BCUT2D eigenvalue weighted by atomic mass is 35.5. The van der Waals surface area contributed by atoms with Crippen molar-refractivity contribution in [2.75, 3.05) is 18.6 Å². The number of methoxy groups -OCH3 is 1. The Bertz CT molecular complexity index is 1490. The number of amides is 2. The molecule has 2 amide bonds. The lowest BCUT2D eigenvalue weighted by atomic mass is 10.1. The molecule has 2 aliphatic rings. The summed E-state index contributed by atoms with van der Waals surface area (Å²) >= 11 is 14.6. The van der Waals surface area contributed by atoms with E-state index in [0.717, 1.165) is 26.7 Å². The van der Waals surface area contributed by atoms with E-state index in [1.807, 2.05) is 42.5 Å². The molecule has 3 aromatic rings. The van der Waals surface area contributed by atoms with E-state index in [-0.39, 0.29) is 18.2 Å². The summed E-state index contributed by atoms with van der Waals surface area (Å²) in [6.45, 7) is 0.335. The molecule has 3 aromatic carbocycles. The summed E-state index contributed by atoms with van der Waals surface area (Å²) in [5.74, 6) is -0.690. The van der Waals surface area contributed by atoms with Gasteiger partial charge in [0.1, 0.15) is 4.32 Å². The Kier molecular flexibility index (Phi) is 7.90. The molecule has 0 aromatic heterocycles. The third kappa shape index (κ3) is 5.37. The maximum Gasteiger partial charge on any atom is 0.337 e. The van der Waals surface area contributed by atoms with E-state index in [4.69, 9.17) is 28.6 Å². The molecule has 2 aliphatic heterocycles. The zero-order valence-electron chi connectivity index (χ0n) is 20.2. The lowest BCUT2D eigenvalue weighted by molar-refractivity contribution is -0.123. The van der Waals surface area contributed by atoms with E-state index < -0.39 is 5.97 Å². The number of rotatable bonds is 6. The minimum atomic E-state index is -0.421. The monoisotopic (exact) mass is 580 g/mol. The second-order valence-corrected chi connectivity index (χ2v) is 11.7. The van der Waals surface area contributed by atoms with E-state index in [1.165, 1.54) is 23.8 Å². The highest BCUT2D eigenvalue weighted by Gasteiger charge is 2.33. The van der Waals surface area contributed by atoms with Crippen molar-refractivity contribution in [2.45, 2.75) is 22.6 Å². The van der Waals surface area contributed by atoms with E-state index in [0.29, 0.717) is 32.8 Å². The van der Waals surface area contributed by atoms with Gasteiger partial charge in [-0.1, -0.05) is 71.6 Å². The van der Waals surface area contributed by atoms with Gasteiger partial charge < -0.3 is 4.74 Å². The zero-order valence-corrected chi connectivity index (χ0v) is 23.4. The summed E-state index contributed by atoms with van der Waals surface area (Å²) in [7, 11) is 1.33. The number of halogens is 1. The predicted octanol–water partition coefficient (Wildman–Crippen LogP) is 6.94. The van der Waals surface area contributed by atoms with Gasteiger partial charge in [-0.2, -0.15) is 0 Å². The number of esters is 1. The fourth-order valence-electron chi connectivity index (χ4n) is 4.17. The molecule has 0 N–H and O–H groups in total. The quantitative estimate of drug-likeness (QED) is 0.178. The molecular weight excluding hydrogens is 560 g/mol. The van der Waals surface area contributed by atoms with Gasteiger partial charge in [0.2, 0.25) is 5.91 Å². The molecule has 1 fully saturated rings. The summed E-state index contributed by atoms with van der Waals surface area (Å²) in [5.41, 5.74) is 2.79. The summed E-state index contributed by atoms with van der Waals surface area (Å²) in [5, 5.41) is 0.561. The highest BCUT2D eigenvalue weighted by Crippen LogP contribution is 2.49. The largest absolute Gasteiger partial charge is 0.465 e. The maximum absolute atomic E-state index is 13.5. The summed E-state index contributed by atoms with van der Waals surface area (Å²) in [6, 6.07) is 20.1. The molecule has 0 bridgehead atoms. The molecule has 6 nitrogen and oxygen atoms in total. The predicted molar refractivity (Wildman–Crippen MR) is 156 cm³/mol. The summed E-state index contributed by atoms with van der Waals surface area (Å²) in [6.07, 6.45) is 2.43. The Morgan fingerprint density at radius 1 is 1.00 bits per heavy atom. The molecule has 5 rings (SSSR count). The maximum atomic E-state index is 13.5. The number of hydrogen-bond donors (Lipinski definition) is 0. The van der Waals surface area contributed by atoms with Crippen molar-refractivity contribution in [1.29, 1.82) is 0 Å². The number of nitrogens with zero attached hydrogens (tertiary/aromatic N) is 2. The van der Waals surface area contributed by atoms with Crippen LogP contribution in [0, 0.1) is 0 Å². The molecule has 0 atom stereocenters. The van der Waals surface area contributed by atoms with Crippen LogP contribution in [-0.2, 0) is 14.3 Å². The number of carbonyl (C=O) groups is 3. The van der Waals surface area contributed by atoms with Crippen LogP contribution in [0.25, 0.3) is 6.08 Å². The van der Waals surface area contributed by atoms with Crippen LogP contribution in [0.1, 0.15) is 28.8 Å². The van der Waals surface area contributed by atoms with Gasteiger partial charge in [0.25, 0.3) is 5.91 Å². The molecule has 2 heterocycles. The number of anilines is 2. The zero-order chi connectivity index (χ0) is 26.8. The number of thioether (sulfide) groups is 1. The van der Waals surface area contributed by atoms with Crippen molar-refractivity contribution in [3.05, 3.63) is 87.8 Å². The van der Waals surface area contributed by atoms with Crippen LogP contribution >= 0.6 is 47.3 Å². The van der Waals surface area contributed by atoms with Crippen LogP contribution in [0.2, 0.25) is 5.02 Å². The Labute approximate surface area is 239 Å². The van der Waals surface area contributed by atoms with E-state index in [9.17, 15) is 14.4 Å². The minimum absolute atomic E-state index is 0.0760. The molecule has 10 heteroatoms. The summed E-state index contributed by atoms with van der Waals surface area (Å²) < 4.78 is 5.17. The van der Waals surface area contributed by atoms with Crippen LogP contribution in [-0.4, -0.2) is 40.7 Å². The Hall–Kier alpha value is -3.11. The number of para-hydroxylation sites is 1. The molecule has 38 heavy (non-hydrogen) atoms. The topological polar surface area (TPSA) is 66.9 Å². The van der Waals surface area contributed by atoms with Crippen LogP contribution < -0.4 is 4.90 Å². The van der Waals surface area contributed by atoms with Crippen LogP contribution in [0.15, 0.2) is 81.4 Å². The first-order valence-electron chi connectivity index (χ1n) is 11.7. The van der Waals surface area contributed by atoms with Gasteiger partial charge in [0.05, 0.1) is 29.0 Å². The van der Waals surface area contributed by atoms with Crippen molar-refractivity contribution in [3.8, 4) is 0 Å². The van der Waals surface area contributed by atoms with Crippen molar-refractivity contribution < 1.29 is 19.1 Å². The smallest absolute Gasteiger partial charge is 0.337 e. The first kappa shape index (κ1) is 26.5. The molecule has 0 saturated carbocycles. The molecular formula is C28H21ClN2O4S3. The SMILES string of the molecule is COC(=O)c1ccc(C=C2SC(=S)N(CCCC(=O)N3c4ccccc4Sc4ccc(Cl)cc43)C2=O)cc1. The molecule has 0 unspecified atom stereocenters. The van der Waals surface area contributed by atoms with Gasteiger partial charge in [-0.3, -0.25) is 19.4 Å². The first-order chi connectivity index (χ1) is 18.4. The third-order valence-corrected chi connectivity index (χ3v) is 8.76. The van der Waals surface area contributed by atoms with Gasteiger partial charge in [-0.15, -0.1) is 0 Å². The van der Waals surface area contributed by atoms with E-state index in [2.05, 4.69) is 0 Å². The van der Waals surface area contributed by atoms with E-state index >= 15 is 0 Å². The second-order valence-electron chi connectivity index (χ2n) is 8.46. The normalized spacial score (nSPS) is 15.5. The first-order valence-corrected chi connectivity index (χ1v) is 14.1. The Balaban J connectivity index is 1.26. The minimum Gasteiger partial charge on any atom is -0.465 e. The average molecular weight is 581 g/mol. The summed E-state index contributed by atoms with van der Waals surface area (Å²) in [4.78, 5) is 43.9. The number of carbonyl (C=O) groups excluding carboxylic acids is 3. The van der Waals surface area contributed by atoms with Gasteiger partial charge in [0.15, 0.2) is 0 Å². The van der Waals surface area contributed by atoms with Crippen molar-refractivity contribution in [2.24, 2.45) is 0 Å². The number of benzene rings is 3. The Morgan fingerprint density at radius 2 is 1.74 bits per heavy atom. The lowest BCUT2D eigenvalue weighted by Gasteiger charge is -2.31. The molecule has 0 spiro atoms. The molecule has 1 saturated heterocycles. The second kappa shape index (κ2) is 11.3. The van der Waals surface area contributed by atoms with Crippen molar-refractivity contribution in [1.82, 2.24) is 4.90 Å². The fourth-order valence-corrected chi connectivity index (χ4v) is 6.69. The van der Waals surface area contributed by atoms with Crippen molar-refractivity contribution >= 4 is 86.9 Å². The Morgan fingerprint density at radius 3 is 2.50 bits per heavy atom. The van der Waals surface area contributed by atoms with Crippen molar-refractivity contribution in [3.63, 3.8) is 0 Å². The molecule has 0 aliphatic carbocycles. The van der Waals surface area contributed by atoms with Crippen LogP contribution in [0.3, 0.4) is 0 Å². The van der Waals surface area contributed by atoms with E-state index in [1.54, 1.807) is 47.0 Å². The number of thiocarbonyl (C=S) groups is 1. The number of hydrogen-bond acceptors (Lipinski definition) is 7.